The van der Waals surface area contributed by atoms with Crippen molar-refractivity contribution in [3.8, 4) is 0 Å². The van der Waals surface area contributed by atoms with E-state index in [1.807, 2.05) is 0 Å². The summed E-state index contributed by atoms with van der Waals surface area (Å²) in [5.41, 5.74) is 1.93. The molecule has 0 aromatic heterocycles. The molecule has 1 aromatic carbocycles. The van der Waals surface area contributed by atoms with Crippen molar-refractivity contribution in [3.05, 3.63) is 33.5 Å². The fraction of sp³-hybridized carbons (Fsp3) is 0.333. The Morgan fingerprint density at radius 1 is 1.33 bits per heavy atom. The van der Waals surface area contributed by atoms with Crippen molar-refractivity contribution in [2.45, 2.75) is 13.0 Å². The first-order valence-electron chi connectivity index (χ1n) is 3.95. The molecule has 0 saturated carbocycles. The smallest absolute Gasteiger partial charge is 0.126 e. The van der Waals surface area contributed by atoms with Crippen LogP contribution >= 0.6 is 15.9 Å². The fourth-order valence-electron chi connectivity index (χ4n) is 1.52. The maximum atomic E-state index is 13.2. The van der Waals surface area contributed by atoms with Crippen molar-refractivity contribution >= 4 is 15.9 Å². The number of hydrogen-bond acceptors (Lipinski definition) is 1. The average Bonchev–Trinajstić information content (AvgIpc) is 2.12. The quantitative estimate of drug-likeness (QED) is 0.720. The second kappa shape index (κ2) is 3.15. The number of benzene rings is 1. The van der Waals surface area contributed by atoms with Crippen molar-refractivity contribution < 1.29 is 4.39 Å². The molecular formula is C9H9BrFN. The largest absolute Gasteiger partial charge is 0.312 e. The van der Waals surface area contributed by atoms with Gasteiger partial charge < -0.3 is 5.32 Å². The molecule has 3 heteroatoms. The van der Waals surface area contributed by atoms with Crippen molar-refractivity contribution in [2.75, 3.05) is 6.54 Å². The summed E-state index contributed by atoms with van der Waals surface area (Å²) in [5, 5.41) is 3.21. The molecule has 0 spiro atoms. The highest BCUT2D eigenvalue weighted by atomic mass is 79.9. The van der Waals surface area contributed by atoms with E-state index >= 15 is 0 Å². The second-order valence-electron chi connectivity index (χ2n) is 2.91. The van der Waals surface area contributed by atoms with Crippen LogP contribution in [0.5, 0.6) is 0 Å². The van der Waals surface area contributed by atoms with Gasteiger partial charge in [-0.05, 0) is 36.2 Å². The zero-order valence-electron chi connectivity index (χ0n) is 6.53. The van der Waals surface area contributed by atoms with Crippen molar-refractivity contribution in [1.29, 1.82) is 0 Å². The van der Waals surface area contributed by atoms with Crippen molar-refractivity contribution in [2.24, 2.45) is 0 Å². The predicted octanol–water partition coefficient (Wildman–Crippen LogP) is 2.23. The first-order chi connectivity index (χ1) is 5.79. The lowest BCUT2D eigenvalue weighted by atomic mass is 10.0. The summed E-state index contributed by atoms with van der Waals surface area (Å²) in [4.78, 5) is 0. The van der Waals surface area contributed by atoms with Gasteiger partial charge in [-0.15, -0.1) is 0 Å². The minimum Gasteiger partial charge on any atom is -0.312 e. The van der Waals surface area contributed by atoms with Crippen LogP contribution in [0.3, 0.4) is 0 Å². The SMILES string of the molecule is Fc1ccc(Br)c2c1CCNC2. The molecule has 0 unspecified atom stereocenters. The van der Waals surface area contributed by atoms with Gasteiger partial charge in [-0.25, -0.2) is 4.39 Å². The van der Waals surface area contributed by atoms with E-state index in [-0.39, 0.29) is 5.82 Å². The van der Waals surface area contributed by atoms with Crippen molar-refractivity contribution in [3.63, 3.8) is 0 Å². The van der Waals surface area contributed by atoms with E-state index in [0.29, 0.717) is 0 Å². The number of nitrogens with one attached hydrogen (secondary N) is 1. The van der Waals surface area contributed by atoms with Crippen LogP contribution in [-0.4, -0.2) is 6.54 Å². The molecule has 0 bridgehead atoms. The van der Waals surface area contributed by atoms with Gasteiger partial charge >= 0.3 is 0 Å². The van der Waals surface area contributed by atoms with Gasteiger partial charge in [0.2, 0.25) is 0 Å². The van der Waals surface area contributed by atoms with Gasteiger partial charge in [0, 0.05) is 11.0 Å². The Morgan fingerprint density at radius 2 is 2.17 bits per heavy atom. The molecule has 2 rings (SSSR count). The number of fused-ring (bicyclic) bond motifs is 1. The van der Waals surface area contributed by atoms with Gasteiger partial charge in [-0.3, -0.25) is 0 Å². The summed E-state index contributed by atoms with van der Waals surface area (Å²) in [6.45, 7) is 1.65. The molecular weight excluding hydrogens is 221 g/mol. The van der Waals surface area contributed by atoms with Crippen LogP contribution in [0.2, 0.25) is 0 Å². The van der Waals surface area contributed by atoms with E-state index in [0.717, 1.165) is 35.1 Å². The molecule has 1 nitrogen and oxygen atoms in total. The van der Waals surface area contributed by atoms with Crippen molar-refractivity contribution in [1.82, 2.24) is 5.32 Å². The highest BCUT2D eigenvalue weighted by molar-refractivity contribution is 9.10. The van der Waals surface area contributed by atoms with Gasteiger partial charge in [0.15, 0.2) is 0 Å². The number of hydrogen-bond donors (Lipinski definition) is 1. The Balaban J connectivity index is 2.57. The molecule has 0 aliphatic carbocycles. The molecule has 1 aliphatic heterocycles. The fourth-order valence-corrected chi connectivity index (χ4v) is 2.04. The molecule has 12 heavy (non-hydrogen) atoms. The van der Waals surface area contributed by atoms with Crippen LogP contribution in [0.4, 0.5) is 4.39 Å². The van der Waals surface area contributed by atoms with Crippen LogP contribution in [0, 0.1) is 5.82 Å². The molecule has 1 aliphatic rings. The summed E-state index contributed by atoms with van der Waals surface area (Å²) in [6, 6.07) is 3.29. The molecule has 1 N–H and O–H groups in total. The molecule has 0 radical (unpaired) electrons. The van der Waals surface area contributed by atoms with E-state index < -0.39 is 0 Å². The summed E-state index contributed by atoms with van der Waals surface area (Å²) in [7, 11) is 0. The van der Waals surface area contributed by atoms with E-state index in [9.17, 15) is 4.39 Å². The standard InChI is InChI=1S/C9H9BrFN/c10-8-1-2-9(11)6-3-4-12-5-7(6)8/h1-2,12H,3-5H2. The minimum absolute atomic E-state index is 0.0744. The summed E-state index contributed by atoms with van der Waals surface area (Å²) in [5.74, 6) is -0.0744. The molecule has 1 aromatic rings. The summed E-state index contributed by atoms with van der Waals surface area (Å²) < 4.78 is 14.2. The van der Waals surface area contributed by atoms with E-state index in [1.165, 1.54) is 6.07 Å². The topological polar surface area (TPSA) is 12.0 Å². The molecule has 0 atom stereocenters. The molecule has 0 fully saturated rings. The first-order valence-corrected chi connectivity index (χ1v) is 4.75. The lowest BCUT2D eigenvalue weighted by Crippen LogP contribution is -2.24. The Morgan fingerprint density at radius 3 is 2.92 bits per heavy atom. The van der Waals surface area contributed by atoms with Crippen LogP contribution in [0.1, 0.15) is 11.1 Å². The predicted molar refractivity (Wildman–Crippen MR) is 49.5 cm³/mol. The highest BCUT2D eigenvalue weighted by Crippen LogP contribution is 2.25. The van der Waals surface area contributed by atoms with Gasteiger partial charge in [0.05, 0.1) is 0 Å². The van der Waals surface area contributed by atoms with Crippen LogP contribution < -0.4 is 5.32 Å². The zero-order chi connectivity index (χ0) is 8.55. The third-order valence-corrected chi connectivity index (χ3v) is 2.91. The Kier molecular flexibility index (Phi) is 2.15. The minimum atomic E-state index is -0.0744. The highest BCUT2D eigenvalue weighted by Gasteiger charge is 2.14. The third-order valence-electron chi connectivity index (χ3n) is 2.17. The number of halogens is 2. The molecule has 0 saturated heterocycles. The lowest BCUT2D eigenvalue weighted by Gasteiger charge is -2.18. The molecule has 1 heterocycles. The maximum Gasteiger partial charge on any atom is 0.126 e. The third kappa shape index (κ3) is 1.27. The molecule has 0 amide bonds. The lowest BCUT2D eigenvalue weighted by molar-refractivity contribution is 0.567. The van der Waals surface area contributed by atoms with Crippen LogP contribution in [0.25, 0.3) is 0 Å². The van der Waals surface area contributed by atoms with Gasteiger partial charge in [-0.2, -0.15) is 0 Å². The molecule has 64 valence electrons. The van der Waals surface area contributed by atoms with Crippen LogP contribution in [-0.2, 0) is 13.0 Å². The van der Waals surface area contributed by atoms with Gasteiger partial charge in [0.25, 0.3) is 0 Å². The Bertz CT molecular complexity index is 281. The Labute approximate surface area is 79.1 Å². The number of rotatable bonds is 0. The van der Waals surface area contributed by atoms with Gasteiger partial charge in [0.1, 0.15) is 5.82 Å². The maximum absolute atomic E-state index is 13.2. The van der Waals surface area contributed by atoms with E-state index in [4.69, 9.17) is 0 Å². The monoisotopic (exact) mass is 229 g/mol. The van der Waals surface area contributed by atoms with E-state index in [1.54, 1.807) is 6.07 Å². The average molecular weight is 230 g/mol. The second-order valence-corrected chi connectivity index (χ2v) is 3.77. The normalized spacial score (nSPS) is 15.8. The van der Waals surface area contributed by atoms with E-state index in [2.05, 4.69) is 21.2 Å². The summed E-state index contributed by atoms with van der Waals surface area (Å²) >= 11 is 3.41. The van der Waals surface area contributed by atoms with Gasteiger partial charge in [-0.1, -0.05) is 15.9 Å². The zero-order valence-corrected chi connectivity index (χ0v) is 8.12. The summed E-state index contributed by atoms with van der Waals surface area (Å²) in [6.07, 6.45) is 0.792. The Hall–Kier alpha value is -0.410. The van der Waals surface area contributed by atoms with Crippen LogP contribution in [0.15, 0.2) is 16.6 Å². The first kappa shape index (κ1) is 8.20.